The van der Waals surface area contributed by atoms with E-state index in [0.29, 0.717) is 11.5 Å². The minimum atomic E-state index is 0.445. The van der Waals surface area contributed by atoms with Gasteiger partial charge in [0.15, 0.2) is 0 Å². The highest BCUT2D eigenvalue weighted by Crippen LogP contribution is 2.31. The van der Waals surface area contributed by atoms with E-state index in [1.807, 2.05) is 0 Å². The van der Waals surface area contributed by atoms with Gasteiger partial charge in [0.2, 0.25) is 0 Å². The molecule has 1 unspecified atom stereocenters. The summed E-state index contributed by atoms with van der Waals surface area (Å²) >= 11 is 3.69. The highest BCUT2D eigenvalue weighted by Gasteiger charge is 2.25. The van der Waals surface area contributed by atoms with E-state index >= 15 is 0 Å². The summed E-state index contributed by atoms with van der Waals surface area (Å²) in [6.07, 6.45) is 3.83. The van der Waals surface area contributed by atoms with Gasteiger partial charge in [0, 0.05) is 10.5 Å². The number of halogens is 1. The van der Waals surface area contributed by atoms with Crippen molar-refractivity contribution in [3.63, 3.8) is 0 Å². The van der Waals surface area contributed by atoms with Gasteiger partial charge in [-0.25, -0.2) is 0 Å². The van der Waals surface area contributed by atoms with Crippen LogP contribution in [0.15, 0.2) is 28.7 Å². The van der Waals surface area contributed by atoms with Gasteiger partial charge in [0.25, 0.3) is 0 Å². The molecule has 0 amide bonds. The molecule has 0 saturated carbocycles. The van der Waals surface area contributed by atoms with Crippen LogP contribution in [0.25, 0.3) is 0 Å². The van der Waals surface area contributed by atoms with Gasteiger partial charge in [-0.15, -0.1) is 0 Å². The first-order chi connectivity index (χ1) is 10.0. The molecule has 3 heteroatoms. The van der Waals surface area contributed by atoms with E-state index in [4.69, 9.17) is 0 Å². The van der Waals surface area contributed by atoms with Crippen LogP contribution in [0.1, 0.15) is 51.6 Å². The Hall–Kier alpha value is -0.380. The Bertz CT molecular complexity index is 435. The van der Waals surface area contributed by atoms with Crippen LogP contribution < -0.4 is 5.32 Å². The number of likely N-dealkylation sites (tertiary alicyclic amines) is 1. The van der Waals surface area contributed by atoms with E-state index in [-0.39, 0.29) is 0 Å². The van der Waals surface area contributed by atoms with Crippen molar-refractivity contribution in [1.29, 1.82) is 0 Å². The first-order valence-corrected chi connectivity index (χ1v) is 9.01. The number of hydrogen-bond acceptors (Lipinski definition) is 2. The summed E-state index contributed by atoms with van der Waals surface area (Å²) < 4.78 is 1.22. The Morgan fingerprint density at radius 2 is 1.90 bits per heavy atom. The molecule has 1 aromatic rings. The number of hydrogen-bond donors (Lipinski definition) is 1. The number of rotatable bonds is 6. The monoisotopic (exact) mass is 352 g/mol. The zero-order valence-corrected chi connectivity index (χ0v) is 15.2. The van der Waals surface area contributed by atoms with E-state index in [2.05, 4.69) is 71.2 Å². The van der Waals surface area contributed by atoms with Crippen molar-refractivity contribution in [2.45, 2.75) is 46.1 Å². The molecule has 0 aliphatic carbocycles. The Morgan fingerprint density at radius 1 is 1.24 bits per heavy atom. The maximum absolute atomic E-state index is 3.69. The van der Waals surface area contributed by atoms with Crippen molar-refractivity contribution in [3.8, 4) is 0 Å². The first kappa shape index (κ1) is 17.0. The van der Waals surface area contributed by atoms with E-state index in [0.717, 1.165) is 6.54 Å². The molecule has 2 rings (SSSR count). The van der Waals surface area contributed by atoms with Gasteiger partial charge >= 0.3 is 0 Å². The molecule has 0 bridgehead atoms. The molecular formula is C18H29BrN2. The van der Waals surface area contributed by atoms with Crippen LogP contribution in [0.4, 0.5) is 0 Å². The van der Waals surface area contributed by atoms with Gasteiger partial charge in [-0.3, -0.25) is 0 Å². The summed E-state index contributed by atoms with van der Waals surface area (Å²) in [5.74, 6) is 0. The zero-order valence-electron chi connectivity index (χ0n) is 13.7. The quantitative estimate of drug-likeness (QED) is 0.803. The lowest BCUT2D eigenvalue weighted by molar-refractivity contribution is 0.128. The highest BCUT2D eigenvalue weighted by atomic mass is 79.9. The molecule has 1 saturated heterocycles. The smallest absolute Gasteiger partial charge is 0.0343 e. The van der Waals surface area contributed by atoms with Crippen LogP contribution in [0, 0.1) is 5.41 Å². The number of nitrogens with one attached hydrogen (secondary N) is 1. The predicted molar refractivity (Wildman–Crippen MR) is 94.6 cm³/mol. The minimum Gasteiger partial charge on any atom is -0.310 e. The summed E-state index contributed by atoms with van der Waals surface area (Å²) in [6.45, 7) is 11.7. The second-order valence-electron chi connectivity index (χ2n) is 6.93. The van der Waals surface area contributed by atoms with Crippen molar-refractivity contribution in [2.24, 2.45) is 5.41 Å². The minimum absolute atomic E-state index is 0.445. The Balaban J connectivity index is 1.91. The summed E-state index contributed by atoms with van der Waals surface area (Å²) in [5.41, 5.74) is 1.93. The SMILES string of the molecule is CCNC(CCN1CCC(C)(C)CC1)c1ccccc1Br. The first-order valence-electron chi connectivity index (χ1n) is 8.22. The van der Waals surface area contributed by atoms with Gasteiger partial charge in [-0.2, -0.15) is 0 Å². The summed E-state index contributed by atoms with van der Waals surface area (Å²) in [7, 11) is 0. The van der Waals surface area contributed by atoms with Crippen molar-refractivity contribution < 1.29 is 0 Å². The number of benzene rings is 1. The fourth-order valence-corrected chi connectivity index (χ4v) is 3.63. The zero-order chi connectivity index (χ0) is 15.3. The van der Waals surface area contributed by atoms with Crippen molar-refractivity contribution in [2.75, 3.05) is 26.2 Å². The van der Waals surface area contributed by atoms with Crippen LogP contribution in [-0.4, -0.2) is 31.1 Å². The molecule has 1 heterocycles. The van der Waals surface area contributed by atoms with E-state index in [9.17, 15) is 0 Å². The maximum atomic E-state index is 3.69. The summed E-state index contributed by atoms with van der Waals surface area (Å²) in [5, 5.41) is 3.64. The van der Waals surface area contributed by atoms with E-state index in [1.165, 1.54) is 48.9 Å². The van der Waals surface area contributed by atoms with Crippen LogP contribution in [0.2, 0.25) is 0 Å². The third-order valence-electron chi connectivity index (χ3n) is 4.67. The molecule has 1 aliphatic rings. The highest BCUT2D eigenvalue weighted by molar-refractivity contribution is 9.10. The molecule has 21 heavy (non-hydrogen) atoms. The lowest BCUT2D eigenvalue weighted by Gasteiger charge is -2.37. The Labute approximate surface area is 138 Å². The van der Waals surface area contributed by atoms with Gasteiger partial charge in [0.1, 0.15) is 0 Å². The largest absolute Gasteiger partial charge is 0.310 e. The average molecular weight is 353 g/mol. The normalized spacial score (nSPS) is 20.4. The van der Waals surface area contributed by atoms with Gasteiger partial charge in [-0.1, -0.05) is 54.9 Å². The van der Waals surface area contributed by atoms with E-state index < -0.39 is 0 Å². The van der Waals surface area contributed by atoms with Crippen LogP contribution in [0.5, 0.6) is 0 Å². The second-order valence-corrected chi connectivity index (χ2v) is 7.78. The summed E-state index contributed by atoms with van der Waals surface area (Å²) in [4.78, 5) is 2.63. The van der Waals surface area contributed by atoms with Gasteiger partial charge in [-0.05, 0) is 62.5 Å². The Kier molecular flexibility index (Phi) is 6.27. The molecule has 0 spiro atoms. The van der Waals surface area contributed by atoms with Crippen LogP contribution in [0.3, 0.4) is 0 Å². The van der Waals surface area contributed by atoms with E-state index in [1.54, 1.807) is 0 Å². The fraction of sp³-hybridized carbons (Fsp3) is 0.667. The average Bonchev–Trinajstić information content (AvgIpc) is 2.45. The second kappa shape index (κ2) is 7.75. The third kappa shape index (κ3) is 5.08. The molecule has 1 aromatic carbocycles. The molecule has 1 fully saturated rings. The predicted octanol–water partition coefficient (Wildman–Crippen LogP) is 4.61. The van der Waals surface area contributed by atoms with Crippen LogP contribution in [-0.2, 0) is 0 Å². The topological polar surface area (TPSA) is 15.3 Å². The molecular weight excluding hydrogens is 324 g/mol. The van der Waals surface area contributed by atoms with Crippen molar-refractivity contribution in [1.82, 2.24) is 10.2 Å². The number of piperidine rings is 1. The molecule has 118 valence electrons. The summed E-state index contributed by atoms with van der Waals surface area (Å²) in [6, 6.07) is 9.04. The molecule has 0 aromatic heterocycles. The standard InChI is InChI=1S/C18H29BrN2/c1-4-20-17(15-7-5-6-8-16(15)19)9-12-21-13-10-18(2,3)11-14-21/h5-8,17,20H,4,9-14H2,1-3H3. The molecule has 2 nitrogen and oxygen atoms in total. The Morgan fingerprint density at radius 3 is 2.52 bits per heavy atom. The molecule has 1 atom stereocenters. The third-order valence-corrected chi connectivity index (χ3v) is 5.40. The van der Waals surface area contributed by atoms with Gasteiger partial charge < -0.3 is 10.2 Å². The lowest BCUT2D eigenvalue weighted by atomic mass is 9.82. The molecule has 0 radical (unpaired) electrons. The maximum Gasteiger partial charge on any atom is 0.0343 e. The fourth-order valence-electron chi connectivity index (χ4n) is 3.07. The lowest BCUT2D eigenvalue weighted by Crippen LogP contribution is -2.39. The molecule has 1 aliphatic heterocycles. The van der Waals surface area contributed by atoms with Crippen molar-refractivity contribution in [3.05, 3.63) is 34.3 Å². The number of nitrogens with zero attached hydrogens (tertiary/aromatic N) is 1. The van der Waals surface area contributed by atoms with Gasteiger partial charge in [0.05, 0.1) is 0 Å². The van der Waals surface area contributed by atoms with Crippen molar-refractivity contribution >= 4 is 15.9 Å². The van der Waals surface area contributed by atoms with Crippen LogP contribution >= 0.6 is 15.9 Å². The molecule has 1 N–H and O–H groups in total.